The fourth-order valence-electron chi connectivity index (χ4n) is 10.9. The lowest BCUT2D eigenvalue weighted by Crippen LogP contribution is -2.47. The number of anilines is 2. The second kappa shape index (κ2) is 30.2. The van der Waals surface area contributed by atoms with Crippen LogP contribution in [0.1, 0.15) is 85.7 Å². The third kappa shape index (κ3) is 15.4. The molecule has 6 aromatic carbocycles. The van der Waals surface area contributed by atoms with Crippen LogP contribution in [0.3, 0.4) is 0 Å². The Balaban J connectivity index is 0.000000209. The van der Waals surface area contributed by atoms with Gasteiger partial charge in [0.05, 0.1) is 76.6 Å². The fourth-order valence-corrected chi connectivity index (χ4v) is 11.8. The summed E-state index contributed by atoms with van der Waals surface area (Å²) < 4.78 is 80.8. The van der Waals surface area contributed by atoms with Gasteiger partial charge in [0.2, 0.25) is 15.0 Å². The van der Waals surface area contributed by atoms with Crippen LogP contribution in [-0.2, 0) is 87.4 Å². The maximum Gasteiger partial charge on any atom is 0.267 e. The van der Waals surface area contributed by atoms with Gasteiger partial charge in [-0.1, -0.05) is 209 Å². The Kier molecular flexibility index (Phi) is 22.3. The predicted octanol–water partition coefficient (Wildman–Crippen LogP) is 11.2. The molecule has 2 fully saturated rings. The number of nitrogens with two attached hydrogens (primary N) is 2. The maximum absolute atomic E-state index is 12.4. The molecule has 12 rings (SSSR count). The van der Waals surface area contributed by atoms with Gasteiger partial charge in [-0.3, -0.25) is 0 Å². The van der Waals surface area contributed by atoms with Gasteiger partial charge in [0.25, 0.3) is 5.16 Å². The van der Waals surface area contributed by atoms with Crippen LogP contribution in [0, 0.1) is 0 Å². The van der Waals surface area contributed by atoms with Crippen LogP contribution in [0.15, 0.2) is 205 Å². The van der Waals surface area contributed by atoms with Crippen molar-refractivity contribution in [3.63, 3.8) is 0 Å². The van der Waals surface area contributed by atoms with Crippen molar-refractivity contribution in [3.05, 3.63) is 239 Å². The summed E-state index contributed by atoms with van der Waals surface area (Å²) in [5, 5.41) is 9.13. The summed E-state index contributed by atoms with van der Waals surface area (Å²) in [5.74, 6) is 0.233. The number of thioether (sulfide) groups is 1. The largest absolute Gasteiger partial charge is 0.380 e. The first kappa shape index (κ1) is 66.4. The van der Waals surface area contributed by atoms with Gasteiger partial charge in [-0.2, -0.15) is 4.98 Å². The van der Waals surface area contributed by atoms with Crippen LogP contribution in [-0.4, -0.2) is 109 Å². The molecule has 0 bridgehead atoms. The molecular weight excluding hydrogens is 1180 g/mol. The molecular formula is C68H78N10O10S2. The zero-order valence-electron chi connectivity index (χ0n) is 49.2. The SMILES string of the molecule is C.C.CSc1nc(N)c2ncc(C3O[C@H](COCc4ccccc4)[C@@H](OCc4ccccc4)[C@@]3(C)OCc3ccccc3)n2n1.C[C@]1(OCc2ccccc2)C(c2cnc3c(N)nc(S(C)(=O)=O)nn23)O[C@H](COCc2ccccc2)[C@H]1OCc1ccccc1. The molecule has 0 radical (unpaired) electrons. The van der Waals surface area contributed by atoms with Gasteiger partial charge in [0, 0.05) is 6.26 Å². The van der Waals surface area contributed by atoms with Crippen LogP contribution >= 0.6 is 11.8 Å². The number of nitrogens with zero attached hydrogens (tertiary/aromatic N) is 8. The van der Waals surface area contributed by atoms with Crippen molar-refractivity contribution in [3.8, 4) is 0 Å². The van der Waals surface area contributed by atoms with Crippen molar-refractivity contribution in [2.24, 2.45) is 0 Å². The molecule has 0 aliphatic carbocycles. The molecule has 2 aliphatic rings. The van der Waals surface area contributed by atoms with E-state index in [9.17, 15) is 8.42 Å². The van der Waals surface area contributed by atoms with Gasteiger partial charge in [-0.25, -0.2) is 32.4 Å². The van der Waals surface area contributed by atoms with E-state index in [1.165, 1.54) is 16.3 Å². The summed E-state index contributed by atoms with van der Waals surface area (Å²) in [6.45, 7) is 6.64. The van der Waals surface area contributed by atoms with Crippen molar-refractivity contribution in [2.45, 2.75) is 126 Å². The van der Waals surface area contributed by atoms with Crippen molar-refractivity contribution in [2.75, 3.05) is 37.2 Å². The topological polar surface area (TPSA) is 246 Å². The van der Waals surface area contributed by atoms with Crippen LogP contribution in [0.5, 0.6) is 0 Å². The number of benzene rings is 6. The van der Waals surface area contributed by atoms with E-state index in [-0.39, 0.29) is 39.5 Å². The van der Waals surface area contributed by atoms with Crippen LogP contribution in [0.2, 0.25) is 0 Å². The van der Waals surface area contributed by atoms with E-state index in [0.29, 0.717) is 67.7 Å². The van der Waals surface area contributed by atoms with Crippen LogP contribution in [0.25, 0.3) is 11.3 Å². The lowest BCUT2D eigenvalue weighted by molar-refractivity contribution is -0.148. The molecule has 2 unspecified atom stereocenters. The smallest absolute Gasteiger partial charge is 0.267 e. The summed E-state index contributed by atoms with van der Waals surface area (Å²) in [6.07, 6.45) is 2.73. The molecule has 22 heteroatoms. The van der Waals surface area contributed by atoms with E-state index in [1.54, 1.807) is 16.9 Å². The number of nitrogen functional groups attached to an aromatic ring is 2. The number of rotatable bonds is 24. The van der Waals surface area contributed by atoms with Gasteiger partial charge in [0.15, 0.2) is 22.9 Å². The molecule has 20 nitrogen and oxygen atoms in total. The van der Waals surface area contributed by atoms with E-state index in [1.807, 2.05) is 202 Å². The first-order valence-electron chi connectivity index (χ1n) is 28.7. The van der Waals surface area contributed by atoms with Gasteiger partial charge in [-0.05, 0) is 53.5 Å². The van der Waals surface area contributed by atoms with Gasteiger partial charge in [-0.15, -0.1) is 10.2 Å². The molecule has 4 N–H and O–H groups in total. The average Bonchev–Trinajstić information content (AvgIpc) is 1.60. The van der Waals surface area contributed by atoms with Crippen molar-refractivity contribution in [1.82, 2.24) is 39.2 Å². The van der Waals surface area contributed by atoms with E-state index in [0.717, 1.165) is 39.6 Å². The van der Waals surface area contributed by atoms with E-state index >= 15 is 0 Å². The summed E-state index contributed by atoms with van der Waals surface area (Å²) in [4.78, 5) is 17.3. The minimum Gasteiger partial charge on any atom is -0.380 e. The molecule has 10 aromatic rings. The zero-order valence-corrected chi connectivity index (χ0v) is 50.9. The molecule has 2 saturated heterocycles. The fraction of sp³-hybridized carbons (Fsp3) is 0.324. The van der Waals surface area contributed by atoms with Gasteiger partial charge in [0.1, 0.15) is 47.8 Å². The summed E-state index contributed by atoms with van der Waals surface area (Å²) in [7, 11) is -3.78. The third-order valence-corrected chi connectivity index (χ3v) is 16.8. The number of ether oxygens (including phenoxy) is 8. The summed E-state index contributed by atoms with van der Waals surface area (Å²) in [5.41, 5.74) is 18.3. The Bertz CT molecular complexity index is 3980. The molecule has 0 saturated carbocycles. The zero-order chi connectivity index (χ0) is 61.1. The Morgan fingerprint density at radius 1 is 0.500 bits per heavy atom. The highest BCUT2D eigenvalue weighted by Gasteiger charge is 2.59. The Morgan fingerprint density at radius 3 is 1.19 bits per heavy atom. The standard InChI is InChI=1S/C33H35N5O6S.C33H35N5O4S.2CH4/c1-33(43-21-25-16-10-5-11-17-25)28(26-18-35-31-30(34)36-32(37-38(26)31)45(2,39)40)44-27(22-41-19-23-12-6-3-7-13-23)29(33)42-20-24-14-8-4-9-15-24;1-33(41-21-25-16-10-5-11-17-25)28(26-18-35-31-30(34)36-32(43-2)37-38(26)31)42-27(22-39-19-23-12-6-3-7-13-23)29(33)40-20-24-14-8-4-9-15-24;;/h3-18,27-29H,19-22H2,1-2H3,(H2,34,36,37);3-18,27-29H,19-22H2,1-2H3,(H2,34,36,37);2*1H4/t2*27-,28?,29-,33+;;/m11../s1. The minimum atomic E-state index is -3.78. The molecule has 8 atom stereocenters. The number of aromatic nitrogens is 8. The number of hydrogen-bond donors (Lipinski definition) is 2. The Hall–Kier alpha value is -8.00. The first-order valence-corrected chi connectivity index (χ1v) is 31.9. The molecule has 2 aliphatic heterocycles. The quantitative estimate of drug-likeness (QED) is 0.0534. The normalized spacial score (nSPS) is 21.3. The van der Waals surface area contributed by atoms with E-state index in [4.69, 9.17) is 54.5 Å². The first-order chi connectivity index (χ1) is 42.8. The number of imidazole rings is 2. The van der Waals surface area contributed by atoms with Gasteiger partial charge >= 0.3 is 0 Å². The molecule has 90 heavy (non-hydrogen) atoms. The Labute approximate surface area is 530 Å². The second-order valence-corrected chi connectivity index (χ2v) is 24.5. The third-order valence-electron chi connectivity index (χ3n) is 15.4. The molecule has 0 spiro atoms. The highest BCUT2D eigenvalue weighted by Crippen LogP contribution is 2.48. The second-order valence-electron chi connectivity index (χ2n) is 21.8. The van der Waals surface area contributed by atoms with Crippen molar-refractivity contribution >= 4 is 44.5 Å². The lowest BCUT2D eigenvalue weighted by atomic mass is 9.90. The van der Waals surface area contributed by atoms with Crippen LogP contribution < -0.4 is 11.5 Å². The van der Waals surface area contributed by atoms with Crippen LogP contribution in [0.4, 0.5) is 11.6 Å². The average molecular weight is 1260 g/mol. The molecule has 0 amide bonds. The number of sulfone groups is 1. The highest BCUT2D eigenvalue weighted by atomic mass is 32.2. The van der Waals surface area contributed by atoms with Crippen molar-refractivity contribution < 1.29 is 46.3 Å². The Morgan fingerprint density at radius 2 is 0.833 bits per heavy atom. The summed E-state index contributed by atoms with van der Waals surface area (Å²) in [6, 6.07) is 59.8. The molecule has 472 valence electrons. The van der Waals surface area contributed by atoms with E-state index < -0.39 is 62.8 Å². The monoisotopic (exact) mass is 1260 g/mol. The van der Waals surface area contributed by atoms with E-state index in [2.05, 4.69) is 25.0 Å². The lowest BCUT2D eigenvalue weighted by Gasteiger charge is -2.35. The van der Waals surface area contributed by atoms with Gasteiger partial charge < -0.3 is 49.4 Å². The highest BCUT2D eigenvalue weighted by molar-refractivity contribution is 7.98. The summed E-state index contributed by atoms with van der Waals surface area (Å²) >= 11 is 1.41. The molecule has 6 heterocycles. The minimum absolute atomic E-state index is 0. The van der Waals surface area contributed by atoms with Crippen molar-refractivity contribution in [1.29, 1.82) is 0 Å². The predicted molar refractivity (Wildman–Crippen MR) is 345 cm³/mol. The number of fused-ring (bicyclic) bond motifs is 2. The maximum atomic E-state index is 12.4. The number of hydrogen-bond acceptors (Lipinski definition) is 19. The molecule has 4 aromatic heterocycles.